The Morgan fingerprint density at radius 1 is 1.12 bits per heavy atom. The highest BCUT2D eigenvalue weighted by Gasteiger charge is 2.50. The Morgan fingerprint density at radius 2 is 2.00 bits per heavy atom. The molecule has 6 rings (SSSR count). The molecular formula is C26H25N5O2. The quantitative estimate of drug-likeness (QED) is 0.487. The van der Waals surface area contributed by atoms with E-state index in [0.29, 0.717) is 6.61 Å². The Hall–Kier alpha value is -3.71. The molecule has 2 aromatic carbocycles. The van der Waals surface area contributed by atoms with Crippen LogP contribution in [0.1, 0.15) is 31.0 Å². The normalized spacial score (nSPS) is 20.4. The average Bonchev–Trinajstić information content (AvgIpc) is 3.35. The van der Waals surface area contributed by atoms with Crippen LogP contribution in [0.25, 0.3) is 22.5 Å². The first-order valence-corrected chi connectivity index (χ1v) is 11.1. The Morgan fingerprint density at radius 3 is 2.82 bits per heavy atom. The van der Waals surface area contributed by atoms with Gasteiger partial charge in [0.15, 0.2) is 0 Å². The van der Waals surface area contributed by atoms with Gasteiger partial charge in [-0.2, -0.15) is 5.10 Å². The molecule has 7 heteroatoms. The van der Waals surface area contributed by atoms with Crippen molar-refractivity contribution in [2.45, 2.75) is 25.3 Å². The predicted molar refractivity (Wildman–Crippen MR) is 126 cm³/mol. The molecule has 0 radical (unpaired) electrons. The van der Waals surface area contributed by atoms with Crippen molar-refractivity contribution in [2.75, 3.05) is 18.8 Å². The summed E-state index contributed by atoms with van der Waals surface area (Å²) in [5, 5.41) is 9.51. The van der Waals surface area contributed by atoms with Crippen LogP contribution in [0.15, 0.2) is 67.3 Å². The number of rotatable bonds is 3. The van der Waals surface area contributed by atoms with Crippen molar-refractivity contribution in [1.82, 2.24) is 20.2 Å². The fraction of sp³-hybridized carbons (Fsp3) is 0.269. The maximum Gasteiger partial charge on any atom is 0.124 e. The van der Waals surface area contributed by atoms with Gasteiger partial charge in [-0.1, -0.05) is 38.1 Å². The highest BCUT2D eigenvalue weighted by Crippen LogP contribution is 2.55. The highest BCUT2D eigenvalue weighted by molar-refractivity contribution is 5.80. The molecule has 4 heterocycles. The van der Waals surface area contributed by atoms with E-state index in [4.69, 9.17) is 9.57 Å². The van der Waals surface area contributed by atoms with Gasteiger partial charge >= 0.3 is 0 Å². The molecule has 0 amide bonds. The minimum absolute atomic E-state index is 0.0793. The fourth-order valence-corrected chi connectivity index (χ4v) is 5.34. The first-order valence-electron chi connectivity index (χ1n) is 11.1. The zero-order valence-corrected chi connectivity index (χ0v) is 18.8. The van der Waals surface area contributed by atoms with Crippen LogP contribution >= 0.6 is 0 Å². The number of aromatic amines is 1. The third kappa shape index (κ3) is 2.96. The Kier molecular flexibility index (Phi) is 4.48. The number of nitrogens with one attached hydrogen (secondary N) is 1. The molecule has 0 saturated carbocycles. The van der Waals surface area contributed by atoms with Gasteiger partial charge in [0, 0.05) is 40.4 Å². The number of anilines is 1. The first-order chi connectivity index (χ1) is 16.1. The second kappa shape index (κ2) is 7.42. The van der Waals surface area contributed by atoms with E-state index in [2.05, 4.69) is 64.3 Å². The first kappa shape index (κ1) is 19.9. The molecule has 0 spiro atoms. The van der Waals surface area contributed by atoms with E-state index in [9.17, 15) is 0 Å². The number of aromatic nitrogens is 4. The van der Waals surface area contributed by atoms with E-state index in [1.54, 1.807) is 31.9 Å². The minimum atomic E-state index is -0.148. The van der Waals surface area contributed by atoms with Crippen molar-refractivity contribution in [3.8, 4) is 28.3 Å². The Labute approximate surface area is 192 Å². The molecule has 0 bridgehead atoms. The van der Waals surface area contributed by atoms with Gasteiger partial charge in [0.25, 0.3) is 0 Å². The molecule has 0 fully saturated rings. The lowest BCUT2D eigenvalue weighted by Crippen LogP contribution is -2.51. The Balaban J connectivity index is 1.50. The molecule has 4 aromatic rings. The number of ether oxygens (including phenoxy) is 1. The summed E-state index contributed by atoms with van der Waals surface area (Å²) in [4.78, 5) is 14.7. The van der Waals surface area contributed by atoms with Gasteiger partial charge in [0.1, 0.15) is 5.75 Å². The van der Waals surface area contributed by atoms with Crippen molar-refractivity contribution in [3.05, 3.63) is 78.4 Å². The summed E-state index contributed by atoms with van der Waals surface area (Å²) >= 11 is 0. The van der Waals surface area contributed by atoms with Crippen LogP contribution in [0.2, 0.25) is 0 Å². The highest BCUT2D eigenvalue weighted by atomic mass is 16.7. The standard InChI is InChI=1S/C26H25N5O2/c1-26(2)19-12-16(24-18(13-29-30-24)21-14-27-10-11-28-21)8-9-22(19)31(32-3)25-17-6-4-5-7-23(17)33-15-20(25)26/h4-14,20,25H,15H2,1-3H3,(H,29,30). The number of nitrogens with zero attached hydrogens (tertiary/aromatic N) is 4. The smallest absolute Gasteiger partial charge is 0.124 e. The number of hydroxylamine groups is 1. The summed E-state index contributed by atoms with van der Waals surface area (Å²) in [6.07, 6.45) is 6.92. The van der Waals surface area contributed by atoms with Crippen molar-refractivity contribution < 1.29 is 9.57 Å². The lowest BCUT2D eigenvalue weighted by molar-refractivity contribution is 0.0442. The monoisotopic (exact) mass is 439 g/mol. The van der Waals surface area contributed by atoms with E-state index < -0.39 is 0 Å². The molecule has 33 heavy (non-hydrogen) atoms. The van der Waals surface area contributed by atoms with Gasteiger partial charge in [-0.3, -0.25) is 19.9 Å². The maximum atomic E-state index is 6.20. The zero-order valence-electron chi connectivity index (χ0n) is 18.8. The zero-order chi connectivity index (χ0) is 22.6. The second-order valence-electron chi connectivity index (χ2n) is 9.11. The Bertz CT molecular complexity index is 1320. The van der Waals surface area contributed by atoms with Gasteiger partial charge in [-0.15, -0.1) is 0 Å². The van der Waals surface area contributed by atoms with Crippen LogP contribution in [0.5, 0.6) is 5.75 Å². The van der Waals surface area contributed by atoms with Crippen LogP contribution in [0, 0.1) is 5.92 Å². The van der Waals surface area contributed by atoms with Gasteiger partial charge in [0.05, 0.1) is 49.2 Å². The van der Waals surface area contributed by atoms with Crippen molar-refractivity contribution >= 4 is 5.69 Å². The van der Waals surface area contributed by atoms with Crippen molar-refractivity contribution in [1.29, 1.82) is 0 Å². The molecule has 166 valence electrons. The number of fused-ring (bicyclic) bond motifs is 4. The number of hydrogen-bond acceptors (Lipinski definition) is 6. The molecule has 0 saturated heterocycles. The summed E-state index contributed by atoms with van der Waals surface area (Å²) in [5.41, 5.74) is 6.98. The number of para-hydroxylation sites is 1. The van der Waals surface area contributed by atoms with E-state index in [0.717, 1.165) is 39.5 Å². The summed E-state index contributed by atoms with van der Waals surface area (Å²) in [6.45, 7) is 5.23. The average molecular weight is 440 g/mol. The van der Waals surface area contributed by atoms with Crippen molar-refractivity contribution in [2.24, 2.45) is 5.92 Å². The molecule has 7 nitrogen and oxygen atoms in total. The third-order valence-corrected chi connectivity index (χ3v) is 7.11. The lowest BCUT2D eigenvalue weighted by atomic mass is 9.65. The van der Waals surface area contributed by atoms with Crippen LogP contribution in [-0.4, -0.2) is 33.9 Å². The van der Waals surface area contributed by atoms with E-state index in [1.165, 1.54) is 5.56 Å². The molecule has 1 N–H and O–H groups in total. The molecule has 2 unspecified atom stereocenters. The minimum Gasteiger partial charge on any atom is -0.493 e. The van der Waals surface area contributed by atoms with E-state index in [-0.39, 0.29) is 17.4 Å². The van der Waals surface area contributed by atoms with Gasteiger partial charge in [0.2, 0.25) is 0 Å². The van der Waals surface area contributed by atoms with E-state index in [1.807, 2.05) is 17.2 Å². The van der Waals surface area contributed by atoms with Crippen LogP contribution < -0.4 is 9.80 Å². The molecule has 2 aliphatic rings. The SMILES string of the molecule is CON1c2ccc(-c3[nH]ncc3-c3cnccn3)cc2C(C)(C)C2COc3ccccc3C21. The largest absolute Gasteiger partial charge is 0.493 e. The second-order valence-corrected chi connectivity index (χ2v) is 9.11. The number of benzene rings is 2. The summed E-state index contributed by atoms with van der Waals surface area (Å²) in [5.74, 6) is 1.15. The number of H-pyrrole nitrogens is 1. The molecule has 2 aliphatic heterocycles. The van der Waals surface area contributed by atoms with Crippen molar-refractivity contribution in [3.63, 3.8) is 0 Å². The van der Waals surface area contributed by atoms with Crippen LogP contribution in [0.3, 0.4) is 0 Å². The maximum absolute atomic E-state index is 6.20. The molecule has 0 aliphatic carbocycles. The van der Waals surface area contributed by atoms with Gasteiger partial charge in [-0.25, -0.2) is 5.06 Å². The third-order valence-electron chi connectivity index (χ3n) is 7.11. The van der Waals surface area contributed by atoms with Gasteiger partial charge < -0.3 is 4.74 Å². The van der Waals surface area contributed by atoms with Crippen LogP contribution in [0.4, 0.5) is 5.69 Å². The molecular weight excluding hydrogens is 414 g/mol. The summed E-state index contributed by atoms with van der Waals surface area (Å²) in [7, 11) is 1.74. The lowest BCUT2D eigenvalue weighted by Gasteiger charge is -2.52. The topological polar surface area (TPSA) is 76.2 Å². The predicted octanol–water partition coefficient (Wildman–Crippen LogP) is 4.94. The summed E-state index contributed by atoms with van der Waals surface area (Å²) < 4.78 is 6.20. The molecule has 2 atom stereocenters. The van der Waals surface area contributed by atoms with Crippen LogP contribution in [-0.2, 0) is 10.3 Å². The summed E-state index contributed by atoms with van der Waals surface area (Å²) in [6, 6.07) is 14.8. The van der Waals surface area contributed by atoms with Gasteiger partial charge in [-0.05, 0) is 23.8 Å². The van der Waals surface area contributed by atoms with E-state index >= 15 is 0 Å². The number of hydrogen-bond donors (Lipinski definition) is 1. The molecule has 2 aromatic heterocycles. The fourth-order valence-electron chi connectivity index (χ4n) is 5.34.